The van der Waals surface area contributed by atoms with Gasteiger partial charge in [0.05, 0.1) is 0 Å². The van der Waals surface area contributed by atoms with Gasteiger partial charge in [-0.1, -0.05) is 25.1 Å². The van der Waals surface area contributed by atoms with E-state index in [9.17, 15) is 26.4 Å². The van der Waals surface area contributed by atoms with Gasteiger partial charge in [0.1, 0.15) is 16.3 Å². The summed E-state index contributed by atoms with van der Waals surface area (Å²) in [5.41, 5.74) is 0.648. The maximum Gasteiger partial charge on any atom is 0.573 e. The minimum Gasteiger partial charge on any atom is -0.405 e. The molecule has 0 saturated carbocycles. The van der Waals surface area contributed by atoms with Crippen LogP contribution in [0.4, 0.5) is 13.2 Å². The van der Waals surface area contributed by atoms with Gasteiger partial charge in [-0.3, -0.25) is 4.79 Å². The van der Waals surface area contributed by atoms with Crippen LogP contribution in [0.3, 0.4) is 0 Å². The van der Waals surface area contributed by atoms with Crippen LogP contribution in [0.25, 0.3) is 0 Å². The standard InChI is InChI=1S/C21H26F3N3O4S/c1-14-8-10-27(11-9-14)32(29,30)19-12-17(26(3)15(19)2)20(28)25-13-16-6-4-5-7-18(16)31-21(22,23)24/h4-7,12,14H,8-11,13H2,1-3H3,(H,25,28). The lowest BCUT2D eigenvalue weighted by molar-refractivity contribution is -0.274. The summed E-state index contributed by atoms with van der Waals surface area (Å²) in [4.78, 5) is 12.8. The van der Waals surface area contributed by atoms with Crippen molar-refractivity contribution in [2.24, 2.45) is 13.0 Å². The van der Waals surface area contributed by atoms with Crippen molar-refractivity contribution in [1.29, 1.82) is 0 Å². The fraction of sp³-hybridized carbons (Fsp3) is 0.476. The number of amides is 1. The third-order valence-electron chi connectivity index (χ3n) is 5.72. The van der Waals surface area contributed by atoms with Gasteiger partial charge in [-0.25, -0.2) is 8.42 Å². The molecule has 1 fully saturated rings. The topological polar surface area (TPSA) is 80.6 Å². The second kappa shape index (κ2) is 9.14. The number of ether oxygens (including phenoxy) is 1. The average Bonchev–Trinajstić information content (AvgIpc) is 3.02. The van der Waals surface area contributed by atoms with Crippen molar-refractivity contribution >= 4 is 15.9 Å². The maximum atomic E-state index is 13.1. The van der Waals surface area contributed by atoms with E-state index >= 15 is 0 Å². The zero-order valence-corrected chi connectivity index (χ0v) is 18.9. The van der Waals surface area contributed by atoms with Crippen LogP contribution in [-0.4, -0.2) is 42.6 Å². The predicted molar refractivity (Wildman–Crippen MR) is 112 cm³/mol. The molecule has 0 bridgehead atoms. The highest BCUT2D eigenvalue weighted by Crippen LogP contribution is 2.28. The van der Waals surface area contributed by atoms with E-state index in [1.165, 1.54) is 33.1 Å². The van der Waals surface area contributed by atoms with E-state index in [1.807, 2.05) is 0 Å². The fourth-order valence-corrected chi connectivity index (χ4v) is 5.40. The zero-order chi connectivity index (χ0) is 23.7. The van der Waals surface area contributed by atoms with Gasteiger partial charge in [-0.2, -0.15) is 4.31 Å². The van der Waals surface area contributed by atoms with E-state index in [2.05, 4.69) is 17.0 Å². The van der Waals surface area contributed by atoms with Gasteiger partial charge in [0.2, 0.25) is 10.0 Å². The molecule has 2 aromatic rings. The van der Waals surface area contributed by atoms with Gasteiger partial charge in [0.25, 0.3) is 5.91 Å². The maximum absolute atomic E-state index is 13.1. The number of rotatable bonds is 6. The molecule has 0 spiro atoms. The quantitative estimate of drug-likeness (QED) is 0.696. The van der Waals surface area contributed by atoms with E-state index in [1.54, 1.807) is 14.0 Å². The van der Waals surface area contributed by atoms with Gasteiger partial charge < -0.3 is 14.6 Å². The van der Waals surface area contributed by atoms with Gasteiger partial charge in [-0.05, 0) is 37.8 Å². The number of para-hydroxylation sites is 1. The molecule has 1 amide bonds. The van der Waals surface area contributed by atoms with Crippen molar-refractivity contribution < 1.29 is 31.1 Å². The first-order valence-electron chi connectivity index (χ1n) is 10.2. The van der Waals surface area contributed by atoms with Crippen LogP contribution in [-0.2, 0) is 23.6 Å². The second-order valence-corrected chi connectivity index (χ2v) is 9.87. The summed E-state index contributed by atoms with van der Waals surface area (Å²) < 4.78 is 70.9. The SMILES string of the molecule is Cc1c(S(=O)(=O)N2CCC(C)CC2)cc(C(=O)NCc2ccccc2OC(F)(F)F)n1C. The molecule has 11 heteroatoms. The van der Waals surface area contributed by atoms with Crippen molar-refractivity contribution in [3.8, 4) is 5.75 Å². The van der Waals surface area contributed by atoms with Crippen molar-refractivity contribution in [1.82, 2.24) is 14.2 Å². The van der Waals surface area contributed by atoms with Crippen LogP contribution in [0, 0.1) is 12.8 Å². The van der Waals surface area contributed by atoms with Crippen LogP contribution in [0.1, 0.15) is 41.5 Å². The number of carbonyl (C=O) groups is 1. The van der Waals surface area contributed by atoms with Crippen molar-refractivity contribution in [3.63, 3.8) is 0 Å². The van der Waals surface area contributed by atoms with Gasteiger partial charge in [-0.15, -0.1) is 13.2 Å². The third kappa shape index (κ3) is 5.26. The van der Waals surface area contributed by atoms with E-state index in [0.717, 1.165) is 18.9 Å². The summed E-state index contributed by atoms with van der Waals surface area (Å²) in [7, 11) is -2.19. The Kier molecular flexibility index (Phi) is 6.89. The molecule has 0 radical (unpaired) electrons. The molecule has 0 aliphatic carbocycles. The van der Waals surface area contributed by atoms with Crippen molar-refractivity contribution in [3.05, 3.63) is 47.3 Å². The number of alkyl halides is 3. The van der Waals surface area contributed by atoms with Crippen LogP contribution in [0.5, 0.6) is 5.75 Å². The molecule has 1 aliphatic rings. The van der Waals surface area contributed by atoms with Crippen LogP contribution >= 0.6 is 0 Å². The highest BCUT2D eigenvalue weighted by Gasteiger charge is 2.33. The smallest absolute Gasteiger partial charge is 0.405 e. The Labute approximate surface area is 185 Å². The zero-order valence-electron chi connectivity index (χ0n) is 18.1. The number of nitrogens with zero attached hydrogens (tertiary/aromatic N) is 2. The lowest BCUT2D eigenvalue weighted by Gasteiger charge is -2.29. The molecule has 1 N–H and O–H groups in total. The molecule has 7 nitrogen and oxygen atoms in total. The molecule has 176 valence electrons. The lowest BCUT2D eigenvalue weighted by Crippen LogP contribution is -2.38. The summed E-state index contributed by atoms with van der Waals surface area (Å²) in [5, 5.41) is 2.54. The van der Waals surface area contributed by atoms with E-state index in [-0.39, 0.29) is 22.7 Å². The summed E-state index contributed by atoms with van der Waals surface area (Å²) in [6, 6.07) is 6.81. The Morgan fingerprint density at radius 1 is 1.22 bits per heavy atom. The molecule has 0 unspecified atom stereocenters. The van der Waals surface area contributed by atoms with Crippen molar-refractivity contribution in [2.75, 3.05) is 13.1 Å². The van der Waals surface area contributed by atoms with E-state index < -0.39 is 28.0 Å². The molecule has 0 atom stereocenters. The van der Waals surface area contributed by atoms with Crippen LogP contribution < -0.4 is 10.1 Å². The summed E-state index contributed by atoms with van der Waals surface area (Å²) >= 11 is 0. The van der Waals surface area contributed by atoms with Gasteiger partial charge in [0.15, 0.2) is 0 Å². The van der Waals surface area contributed by atoms with E-state index in [0.29, 0.717) is 24.7 Å². The minimum atomic E-state index is -4.86. The van der Waals surface area contributed by atoms with Gasteiger partial charge >= 0.3 is 6.36 Å². The number of benzene rings is 1. The Hall–Kier alpha value is -2.53. The highest BCUT2D eigenvalue weighted by molar-refractivity contribution is 7.89. The molecule has 1 saturated heterocycles. The normalized spacial score (nSPS) is 16.2. The number of hydrogen-bond donors (Lipinski definition) is 1. The Morgan fingerprint density at radius 3 is 2.47 bits per heavy atom. The first kappa shape index (κ1) is 24.1. The summed E-state index contributed by atoms with van der Waals surface area (Å²) in [6.07, 6.45) is -3.30. The molecule has 1 aromatic carbocycles. The molecule has 32 heavy (non-hydrogen) atoms. The second-order valence-electron chi connectivity index (χ2n) is 7.96. The first-order valence-corrected chi connectivity index (χ1v) is 11.6. The third-order valence-corrected chi connectivity index (χ3v) is 7.73. The number of carbonyl (C=O) groups excluding carboxylic acids is 1. The largest absolute Gasteiger partial charge is 0.573 e. The minimum absolute atomic E-state index is 0.0560. The number of nitrogens with one attached hydrogen (secondary N) is 1. The number of piperidine rings is 1. The molecule has 2 heterocycles. The Balaban J connectivity index is 1.78. The average molecular weight is 474 g/mol. The molecule has 1 aromatic heterocycles. The molecular formula is C21H26F3N3O4S. The van der Waals surface area contributed by atoms with Crippen molar-refractivity contribution in [2.45, 2.75) is 44.5 Å². The lowest BCUT2D eigenvalue weighted by atomic mass is 10.0. The monoisotopic (exact) mass is 473 g/mol. The summed E-state index contributed by atoms with van der Waals surface area (Å²) in [6.45, 7) is 4.33. The number of hydrogen-bond acceptors (Lipinski definition) is 4. The predicted octanol–water partition coefficient (Wildman–Crippen LogP) is 3.58. The van der Waals surface area contributed by atoms with Crippen LogP contribution in [0.15, 0.2) is 35.2 Å². The highest BCUT2D eigenvalue weighted by atomic mass is 32.2. The van der Waals surface area contributed by atoms with E-state index in [4.69, 9.17) is 0 Å². The molecular weight excluding hydrogens is 447 g/mol. The van der Waals surface area contributed by atoms with Gasteiger partial charge in [0, 0.05) is 37.9 Å². The van der Waals surface area contributed by atoms with Crippen LogP contribution in [0.2, 0.25) is 0 Å². The first-order chi connectivity index (χ1) is 14.9. The Morgan fingerprint density at radius 2 is 1.84 bits per heavy atom. The Bertz CT molecular complexity index is 1090. The molecule has 3 rings (SSSR count). The fourth-order valence-electron chi connectivity index (χ4n) is 3.65. The summed E-state index contributed by atoms with van der Waals surface area (Å²) in [5.74, 6) is -0.555. The molecule has 1 aliphatic heterocycles. The number of halogens is 3. The number of aromatic nitrogens is 1. The number of sulfonamides is 1.